The van der Waals surface area contributed by atoms with Crippen molar-refractivity contribution in [1.29, 1.82) is 0 Å². The second-order valence-corrected chi connectivity index (χ2v) is 5.86. The molecule has 1 fully saturated rings. The SMILES string of the molecule is Cc1c(C(=O)N2CCN(CCO)CC2)cnn1-c1ccccc1F. The molecule has 2 aromatic rings. The molecule has 2 heterocycles. The predicted octanol–water partition coefficient (Wildman–Crippen LogP) is 1.07. The van der Waals surface area contributed by atoms with Crippen LogP contribution in [0.5, 0.6) is 0 Å². The highest BCUT2D eigenvalue weighted by Gasteiger charge is 2.25. The maximum absolute atomic E-state index is 14.0. The maximum atomic E-state index is 14.0. The maximum Gasteiger partial charge on any atom is 0.257 e. The van der Waals surface area contributed by atoms with Crippen molar-refractivity contribution in [3.05, 3.63) is 47.5 Å². The van der Waals surface area contributed by atoms with Crippen LogP contribution >= 0.6 is 0 Å². The summed E-state index contributed by atoms with van der Waals surface area (Å²) in [7, 11) is 0. The van der Waals surface area contributed by atoms with E-state index in [-0.39, 0.29) is 18.3 Å². The van der Waals surface area contributed by atoms with Crippen molar-refractivity contribution < 1.29 is 14.3 Å². The zero-order valence-electron chi connectivity index (χ0n) is 13.7. The minimum atomic E-state index is -0.375. The highest BCUT2D eigenvalue weighted by atomic mass is 19.1. The molecule has 7 heteroatoms. The van der Waals surface area contributed by atoms with Gasteiger partial charge in [0.1, 0.15) is 11.5 Å². The molecule has 1 saturated heterocycles. The van der Waals surface area contributed by atoms with Crippen LogP contribution in [0.25, 0.3) is 5.69 Å². The molecule has 0 aliphatic carbocycles. The zero-order chi connectivity index (χ0) is 17.1. The van der Waals surface area contributed by atoms with Gasteiger partial charge in [-0.15, -0.1) is 0 Å². The van der Waals surface area contributed by atoms with E-state index >= 15 is 0 Å². The van der Waals surface area contributed by atoms with Crippen LogP contribution in [0.4, 0.5) is 4.39 Å². The van der Waals surface area contributed by atoms with Gasteiger partial charge in [0.2, 0.25) is 0 Å². The second-order valence-electron chi connectivity index (χ2n) is 5.86. The van der Waals surface area contributed by atoms with Crippen LogP contribution in [0.2, 0.25) is 0 Å². The van der Waals surface area contributed by atoms with Crippen LogP contribution in [0.15, 0.2) is 30.5 Å². The molecule has 0 bridgehead atoms. The first-order chi connectivity index (χ1) is 11.6. The molecule has 0 unspecified atom stereocenters. The van der Waals surface area contributed by atoms with Crippen molar-refractivity contribution in [2.45, 2.75) is 6.92 Å². The van der Waals surface area contributed by atoms with E-state index in [2.05, 4.69) is 10.00 Å². The third-order valence-corrected chi connectivity index (χ3v) is 4.40. The van der Waals surface area contributed by atoms with E-state index in [1.54, 1.807) is 30.0 Å². The summed E-state index contributed by atoms with van der Waals surface area (Å²) in [6, 6.07) is 6.37. The molecule has 3 rings (SSSR count). The summed E-state index contributed by atoms with van der Waals surface area (Å²) in [6.07, 6.45) is 1.50. The number of amides is 1. The Morgan fingerprint density at radius 2 is 1.96 bits per heavy atom. The average Bonchev–Trinajstić information content (AvgIpc) is 2.97. The van der Waals surface area contributed by atoms with E-state index in [0.717, 1.165) is 13.1 Å². The minimum absolute atomic E-state index is 0.0845. The molecule has 0 spiro atoms. The zero-order valence-corrected chi connectivity index (χ0v) is 13.7. The third kappa shape index (κ3) is 3.18. The Hall–Kier alpha value is -2.25. The van der Waals surface area contributed by atoms with Crippen LogP contribution in [-0.4, -0.2) is 69.9 Å². The van der Waals surface area contributed by atoms with Gasteiger partial charge in [0.05, 0.1) is 24.1 Å². The summed E-state index contributed by atoms with van der Waals surface area (Å²) in [5, 5.41) is 13.2. The van der Waals surface area contributed by atoms with Gasteiger partial charge in [-0.3, -0.25) is 9.69 Å². The lowest BCUT2D eigenvalue weighted by atomic mass is 10.2. The van der Waals surface area contributed by atoms with Gasteiger partial charge in [-0.05, 0) is 19.1 Å². The molecule has 1 N–H and O–H groups in total. The fourth-order valence-electron chi connectivity index (χ4n) is 2.97. The molecule has 1 amide bonds. The number of benzene rings is 1. The Labute approximate surface area is 140 Å². The van der Waals surface area contributed by atoms with Crippen molar-refractivity contribution in [3.63, 3.8) is 0 Å². The molecule has 1 aromatic heterocycles. The van der Waals surface area contributed by atoms with E-state index in [0.29, 0.717) is 36.6 Å². The number of para-hydroxylation sites is 1. The van der Waals surface area contributed by atoms with Crippen molar-refractivity contribution in [2.75, 3.05) is 39.3 Å². The van der Waals surface area contributed by atoms with Crippen LogP contribution in [0.1, 0.15) is 16.1 Å². The quantitative estimate of drug-likeness (QED) is 0.910. The third-order valence-electron chi connectivity index (χ3n) is 4.40. The highest BCUT2D eigenvalue weighted by Crippen LogP contribution is 2.18. The molecule has 1 aliphatic rings. The van der Waals surface area contributed by atoms with Gasteiger partial charge >= 0.3 is 0 Å². The van der Waals surface area contributed by atoms with Crippen molar-refractivity contribution >= 4 is 5.91 Å². The number of rotatable bonds is 4. The smallest absolute Gasteiger partial charge is 0.257 e. The average molecular weight is 332 g/mol. The van der Waals surface area contributed by atoms with Crippen molar-refractivity contribution in [1.82, 2.24) is 19.6 Å². The summed E-state index contributed by atoms with van der Waals surface area (Å²) >= 11 is 0. The lowest BCUT2D eigenvalue weighted by Crippen LogP contribution is -2.49. The van der Waals surface area contributed by atoms with E-state index in [4.69, 9.17) is 5.11 Å². The lowest BCUT2D eigenvalue weighted by Gasteiger charge is -2.34. The normalized spacial score (nSPS) is 15.7. The first-order valence-corrected chi connectivity index (χ1v) is 8.04. The fourth-order valence-corrected chi connectivity index (χ4v) is 2.97. The lowest BCUT2D eigenvalue weighted by molar-refractivity contribution is 0.0614. The van der Waals surface area contributed by atoms with Crippen LogP contribution < -0.4 is 0 Å². The van der Waals surface area contributed by atoms with Gasteiger partial charge in [0, 0.05) is 32.7 Å². The van der Waals surface area contributed by atoms with Gasteiger partial charge in [0.25, 0.3) is 5.91 Å². The summed E-state index contributed by atoms with van der Waals surface area (Å²) in [5.74, 6) is -0.459. The first kappa shape index (κ1) is 16.6. The van der Waals surface area contributed by atoms with Gasteiger partial charge < -0.3 is 10.0 Å². The topological polar surface area (TPSA) is 61.6 Å². The number of halogens is 1. The van der Waals surface area contributed by atoms with E-state index in [1.165, 1.54) is 16.9 Å². The van der Waals surface area contributed by atoms with Crippen LogP contribution in [-0.2, 0) is 0 Å². The molecule has 0 atom stereocenters. The summed E-state index contributed by atoms with van der Waals surface area (Å²) in [6.45, 7) is 5.25. The Morgan fingerprint density at radius 3 is 2.62 bits per heavy atom. The number of aliphatic hydroxyl groups excluding tert-OH is 1. The fraction of sp³-hybridized carbons (Fsp3) is 0.412. The van der Waals surface area contributed by atoms with E-state index in [9.17, 15) is 9.18 Å². The van der Waals surface area contributed by atoms with Crippen molar-refractivity contribution in [3.8, 4) is 5.69 Å². The summed E-state index contributed by atoms with van der Waals surface area (Å²) in [4.78, 5) is 16.6. The number of aliphatic hydroxyl groups is 1. The molecule has 1 aliphatic heterocycles. The number of piperazine rings is 1. The molecular formula is C17H21FN4O2. The number of β-amino-alcohol motifs (C(OH)–C–C–N with tert-alkyl or cyclic N) is 1. The van der Waals surface area contributed by atoms with Crippen LogP contribution in [0, 0.1) is 12.7 Å². The largest absolute Gasteiger partial charge is 0.395 e. The summed E-state index contributed by atoms with van der Waals surface area (Å²) < 4.78 is 15.4. The highest BCUT2D eigenvalue weighted by molar-refractivity contribution is 5.95. The van der Waals surface area contributed by atoms with Gasteiger partial charge in [-0.2, -0.15) is 5.10 Å². The van der Waals surface area contributed by atoms with Crippen LogP contribution in [0.3, 0.4) is 0 Å². The van der Waals surface area contributed by atoms with E-state index in [1.807, 2.05) is 0 Å². The molecule has 0 radical (unpaired) electrons. The Morgan fingerprint density at radius 1 is 1.25 bits per heavy atom. The van der Waals surface area contributed by atoms with Crippen molar-refractivity contribution in [2.24, 2.45) is 0 Å². The first-order valence-electron chi connectivity index (χ1n) is 8.04. The number of hydrogen-bond donors (Lipinski definition) is 1. The Kier molecular flexibility index (Phi) is 4.92. The number of nitrogens with zero attached hydrogens (tertiary/aromatic N) is 4. The Bertz CT molecular complexity index is 723. The summed E-state index contributed by atoms with van der Waals surface area (Å²) in [5.41, 5.74) is 1.46. The number of hydrogen-bond acceptors (Lipinski definition) is 4. The van der Waals surface area contributed by atoms with E-state index < -0.39 is 0 Å². The Balaban J connectivity index is 1.77. The predicted molar refractivity (Wildman–Crippen MR) is 87.7 cm³/mol. The molecular weight excluding hydrogens is 311 g/mol. The minimum Gasteiger partial charge on any atom is -0.395 e. The molecule has 1 aromatic carbocycles. The monoisotopic (exact) mass is 332 g/mol. The molecule has 24 heavy (non-hydrogen) atoms. The van der Waals surface area contributed by atoms with Gasteiger partial charge in [-0.1, -0.05) is 12.1 Å². The second kappa shape index (κ2) is 7.11. The standard InChI is InChI=1S/C17H21FN4O2/c1-13-14(12-19-22(13)16-5-3-2-4-15(16)18)17(24)21-8-6-20(7-9-21)10-11-23/h2-5,12,23H,6-11H2,1H3. The van der Waals surface area contributed by atoms with Gasteiger partial charge in [-0.25, -0.2) is 9.07 Å². The molecule has 0 saturated carbocycles. The molecule has 128 valence electrons. The number of aromatic nitrogens is 2. The molecule has 6 nitrogen and oxygen atoms in total. The number of carbonyl (C=O) groups excluding carboxylic acids is 1. The number of carbonyl (C=O) groups is 1. The van der Waals surface area contributed by atoms with Gasteiger partial charge in [0.15, 0.2) is 0 Å².